The molecule has 138 valence electrons. The van der Waals surface area contributed by atoms with Crippen molar-refractivity contribution in [1.29, 1.82) is 0 Å². The standard InChI is InChI=1S/C20H17ClN2O4/c1-12(2)23-19(25)16-9-4-3-8-15(16)18(22-23)20(26)27-11-17(24)13-6-5-7-14(21)10-13/h3-10,12H,11H2,1-2H3. The summed E-state index contributed by atoms with van der Waals surface area (Å²) in [5, 5.41) is 5.34. The van der Waals surface area contributed by atoms with Gasteiger partial charge in [0.1, 0.15) is 0 Å². The zero-order chi connectivity index (χ0) is 19.6. The highest BCUT2D eigenvalue weighted by Crippen LogP contribution is 2.16. The number of fused-ring (bicyclic) bond motifs is 1. The molecular weight excluding hydrogens is 368 g/mol. The second kappa shape index (κ2) is 7.72. The number of halogens is 1. The van der Waals surface area contributed by atoms with E-state index >= 15 is 0 Å². The van der Waals surface area contributed by atoms with Gasteiger partial charge in [-0.2, -0.15) is 5.10 Å². The number of ether oxygens (including phenoxy) is 1. The van der Waals surface area contributed by atoms with Gasteiger partial charge in [-0.3, -0.25) is 9.59 Å². The first-order valence-electron chi connectivity index (χ1n) is 8.36. The third-order valence-electron chi connectivity index (χ3n) is 3.99. The second-order valence-electron chi connectivity index (χ2n) is 6.25. The Morgan fingerprint density at radius 2 is 1.81 bits per heavy atom. The van der Waals surface area contributed by atoms with Crippen molar-refractivity contribution >= 4 is 34.1 Å². The van der Waals surface area contributed by atoms with Crippen molar-refractivity contribution in [2.24, 2.45) is 0 Å². The van der Waals surface area contributed by atoms with Crippen molar-refractivity contribution in [2.75, 3.05) is 6.61 Å². The summed E-state index contributed by atoms with van der Waals surface area (Å²) < 4.78 is 6.39. The summed E-state index contributed by atoms with van der Waals surface area (Å²) in [6.07, 6.45) is 0. The van der Waals surface area contributed by atoms with E-state index in [1.807, 2.05) is 0 Å². The van der Waals surface area contributed by atoms with Crippen LogP contribution in [-0.4, -0.2) is 28.1 Å². The van der Waals surface area contributed by atoms with Gasteiger partial charge in [-0.1, -0.05) is 41.9 Å². The minimum Gasteiger partial charge on any atom is -0.452 e. The van der Waals surface area contributed by atoms with E-state index in [1.54, 1.807) is 56.3 Å². The lowest BCUT2D eigenvalue weighted by Gasteiger charge is -2.13. The van der Waals surface area contributed by atoms with Gasteiger partial charge in [-0.05, 0) is 32.0 Å². The minimum atomic E-state index is -0.768. The Bertz CT molecular complexity index is 1090. The molecule has 0 fully saturated rings. The molecule has 1 heterocycles. The summed E-state index contributed by atoms with van der Waals surface area (Å²) in [6.45, 7) is 3.14. The van der Waals surface area contributed by atoms with E-state index in [1.165, 1.54) is 10.7 Å². The van der Waals surface area contributed by atoms with E-state index in [0.29, 0.717) is 21.4 Å². The molecule has 0 saturated heterocycles. The molecule has 0 aliphatic heterocycles. The molecule has 0 N–H and O–H groups in total. The number of benzene rings is 2. The van der Waals surface area contributed by atoms with Crippen LogP contribution in [0.25, 0.3) is 10.8 Å². The molecule has 6 nitrogen and oxygen atoms in total. The molecule has 0 amide bonds. The molecule has 7 heteroatoms. The number of rotatable bonds is 5. The van der Waals surface area contributed by atoms with Crippen molar-refractivity contribution in [3.63, 3.8) is 0 Å². The largest absolute Gasteiger partial charge is 0.452 e. The highest BCUT2D eigenvalue weighted by atomic mass is 35.5. The molecule has 0 aliphatic carbocycles. The Morgan fingerprint density at radius 3 is 2.48 bits per heavy atom. The van der Waals surface area contributed by atoms with Crippen molar-refractivity contribution in [2.45, 2.75) is 19.9 Å². The average Bonchev–Trinajstić information content (AvgIpc) is 2.66. The Morgan fingerprint density at radius 1 is 1.11 bits per heavy atom. The van der Waals surface area contributed by atoms with Crippen LogP contribution in [0.5, 0.6) is 0 Å². The zero-order valence-electron chi connectivity index (χ0n) is 14.8. The molecule has 0 bridgehead atoms. The lowest BCUT2D eigenvalue weighted by Crippen LogP contribution is -2.28. The fourth-order valence-corrected chi connectivity index (χ4v) is 2.84. The number of hydrogen-bond donors (Lipinski definition) is 0. The van der Waals surface area contributed by atoms with Gasteiger partial charge in [0.2, 0.25) is 0 Å². The quantitative estimate of drug-likeness (QED) is 0.495. The SMILES string of the molecule is CC(C)n1nc(C(=O)OCC(=O)c2cccc(Cl)c2)c2ccccc2c1=O. The predicted molar refractivity (Wildman–Crippen MR) is 102 cm³/mol. The molecule has 3 aromatic rings. The first kappa shape index (κ1) is 18.8. The van der Waals surface area contributed by atoms with Crippen LogP contribution >= 0.6 is 11.6 Å². The lowest BCUT2D eigenvalue weighted by molar-refractivity contribution is 0.0468. The van der Waals surface area contributed by atoms with E-state index in [0.717, 1.165) is 0 Å². The molecule has 0 saturated carbocycles. The summed E-state index contributed by atoms with van der Waals surface area (Å²) >= 11 is 5.87. The third kappa shape index (κ3) is 3.90. The second-order valence-corrected chi connectivity index (χ2v) is 6.68. The third-order valence-corrected chi connectivity index (χ3v) is 4.23. The van der Waals surface area contributed by atoms with E-state index in [4.69, 9.17) is 16.3 Å². The van der Waals surface area contributed by atoms with Crippen molar-refractivity contribution < 1.29 is 14.3 Å². The van der Waals surface area contributed by atoms with E-state index in [2.05, 4.69) is 5.10 Å². The topological polar surface area (TPSA) is 78.3 Å². The van der Waals surface area contributed by atoms with Crippen LogP contribution in [0.3, 0.4) is 0 Å². The first-order valence-corrected chi connectivity index (χ1v) is 8.73. The Kier molecular flexibility index (Phi) is 5.37. The van der Waals surface area contributed by atoms with E-state index < -0.39 is 12.6 Å². The van der Waals surface area contributed by atoms with Crippen LogP contribution in [0, 0.1) is 0 Å². The maximum atomic E-state index is 12.6. The molecular formula is C20H17ClN2O4. The van der Waals surface area contributed by atoms with Crippen molar-refractivity contribution in [3.05, 3.63) is 75.2 Å². The Labute approximate surface area is 160 Å². The van der Waals surface area contributed by atoms with Crippen molar-refractivity contribution in [1.82, 2.24) is 9.78 Å². The van der Waals surface area contributed by atoms with E-state index in [-0.39, 0.29) is 23.1 Å². The summed E-state index contributed by atoms with van der Waals surface area (Å²) in [7, 11) is 0. The molecule has 0 unspecified atom stereocenters. The highest BCUT2D eigenvalue weighted by Gasteiger charge is 2.20. The number of carbonyl (C=O) groups excluding carboxylic acids is 2. The summed E-state index contributed by atoms with van der Waals surface area (Å²) in [5.74, 6) is -1.15. The maximum Gasteiger partial charge on any atom is 0.359 e. The number of carbonyl (C=O) groups is 2. The number of aromatic nitrogens is 2. The van der Waals surface area contributed by atoms with Gasteiger partial charge in [0.05, 0.1) is 11.4 Å². The summed E-state index contributed by atoms with van der Waals surface area (Å²) in [4.78, 5) is 37.3. The molecule has 1 aromatic heterocycles. The number of nitrogens with zero attached hydrogens (tertiary/aromatic N) is 2. The molecule has 0 aliphatic rings. The van der Waals surface area contributed by atoms with Crippen LogP contribution < -0.4 is 5.56 Å². The summed E-state index contributed by atoms with van der Waals surface area (Å²) in [6, 6.07) is 12.8. The predicted octanol–water partition coefficient (Wildman–Crippen LogP) is 3.67. The molecule has 3 rings (SSSR count). The fourth-order valence-electron chi connectivity index (χ4n) is 2.65. The molecule has 2 aromatic carbocycles. The molecule has 27 heavy (non-hydrogen) atoms. The van der Waals surface area contributed by atoms with Crippen molar-refractivity contribution in [3.8, 4) is 0 Å². The monoisotopic (exact) mass is 384 g/mol. The maximum absolute atomic E-state index is 12.6. The van der Waals surface area contributed by atoms with Gasteiger partial charge in [-0.25, -0.2) is 9.48 Å². The van der Waals surface area contributed by atoms with Gasteiger partial charge in [-0.15, -0.1) is 0 Å². The van der Waals surface area contributed by atoms with Crippen LogP contribution in [-0.2, 0) is 4.74 Å². The number of Topliss-reactive ketones (excluding diaryl/α,β-unsaturated/α-hetero) is 1. The van der Waals surface area contributed by atoms with Gasteiger partial charge < -0.3 is 4.74 Å². The number of esters is 1. The Balaban J connectivity index is 1.90. The average molecular weight is 385 g/mol. The van der Waals surface area contributed by atoms with Crippen LogP contribution in [0.4, 0.5) is 0 Å². The Hall–Kier alpha value is -2.99. The van der Waals surface area contributed by atoms with Crippen LogP contribution in [0.1, 0.15) is 40.7 Å². The molecule has 0 spiro atoms. The molecule has 0 radical (unpaired) electrons. The van der Waals surface area contributed by atoms with Gasteiger partial charge >= 0.3 is 5.97 Å². The van der Waals surface area contributed by atoms with E-state index in [9.17, 15) is 14.4 Å². The number of hydrogen-bond acceptors (Lipinski definition) is 5. The zero-order valence-corrected chi connectivity index (χ0v) is 15.6. The van der Waals surface area contributed by atoms with Gasteiger partial charge in [0.25, 0.3) is 5.56 Å². The minimum absolute atomic E-state index is 0.00204. The summed E-state index contributed by atoms with van der Waals surface area (Å²) in [5.41, 5.74) is 0.0604. The first-order chi connectivity index (χ1) is 12.9. The smallest absolute Gasteiger partial charge is 0.359 e. The van der Waals surface area contributed by atoms with Crippen LogP contribution in [0.2, 0.25) is 5.02 Å². The lowest BCUT2D eigenvalue weighted by atomic mass is 10.1. The van der Waals surface area contributed by atoms with Gasteiger partial charge in [0, 0.05) is 16.0 Å². The van der Waals surface area contributed by atoms with Gasteiger partial charge in [0.15, 0.2) is 18.1 Å². The number of ketones is 1. The van der Waals surface area contributed by atoms with Crippen LogP contribution in [0.15, 0.2) is 53.3 Å². The normalized spacial score (nSPS) is 11.0. The fraction of sp³-hybridized carbons (Fsp3) is 0.200. The molecule has 0 atom stereocenters. The highest BCUT2D eigenvalue weighted by molar-refractivity contribution is 6.31.